The molecule has 6 nitrogen and oxygen atoms in total. The lowest BCUT2D eigenvalue weighted by Gasteiger charge is -2.38. The number of piperidine rings is 1. The van der Waals surface area contributed by atoms with Crippen molar-refractivity contribution in [1.29, 1.82) is 0 Å². The van der Waals surface area contributed by atoms with Crippen LogP contribution in [0.15, 0.2) is 91.0 Å². The van der Waals surface area contributed by atoms with Crippen molar-refractivity contribution < 1.29 is 24.1 Å². The smallest absolute Gasteiger partial charge is 0.223 e. The third-order valence-corrected chi connectivity index (χ3v) is 7.03. The second kappa shape index (κ2) is 11.8. The lowest BCUT2D eigenvalue weighted by atomic mass is 9.96. The van der Waals surface area contributed by atoms with Crippen LogP contribution in [0.25, 0.3) is 0 Å². The van der Waals surface area contributed by atoms with E-state index in [1.807, 2.05) is 91.0 Å². The van der Waals surface area contributed by atoms with Crippen molar-refractivity contribution in [2.75, 3.05) is 6.61 Å². The monoisotopic (exact) mass is 487 g/mol. The fourth-order valence-electron chi connectivity index (χ4n) is 5.26. The molecule has 0 aromatic heterocycles. The minimum Gasteiger partial charge on any atom is -0.391 e. The van der Waals surface area contributed by atoms with Crippen molar-refractivity contribution in [2.24, 2.45) is 0 Å². The number of amides is 1. The van der Waals surface area contributed by atoms with Gasteiger partial charge in [-0.05, 0) is 23.1 Å². The van der Waals surface area contributed by atoms with Crippen molar-refractivity contribution in [1.82, 2.24) is 4.90 Å². The highest BCUT2D eigenvalue weighted by atomic mass is 16.5. The summed E-state index contributed by atoms with van der Waals surface area (Å²) in [5.74, 6) is 0.0118. The van der Waals surface area contributed by atoms with Gasteiger partial charge in [0.25, 0.3) is 0 Å². The molecule has 2 saturated heterocycles. The molecule has 1 N–H and O–H groups in total. The first-order chi connectivity index (χ1) is 17.7. The molecule has 0 unspecified atom stereocenters. The highest BCUT2D eigenvalue weighted by Crippen LogP contribution is 2.37. The second-order valence-corrected chi connectivity index (χ2v) is 9.49. The molecule has 2 aliphatic heterocycles. The summed E-state index contributed by atoms with van der Waals surface area (Å²) in [5, 5.41) is 11.0. The van der Waals surface area contributed by atoms with Crippen LogP contribution < -0.4 is 0 Å². The maximum absolute atomic E-state index is 13.2. The van der Waals surface area contributed by atoms with E-state index in [1.165, 1.54) is 0 Å². The van der Waals surface area contributed by atoms with E-state index in [4.69, 9.17) is 14.2 Å². The molecule has 3 aromatic rings. The summed E-state index contributed by atoms with van der Waals surface area (Å²) in [7, 11) is 0. The van der Waals surface area contributed by atoms with Gasteiger partial charge in [0, 0.05) is 6.42 Å². The van der Waals surface area contributed by atoms with E-state index in [0.717, 1.165) is 16.7 Å². The van der Waals surface area contributed by atoms with Crippen LogP contribution in [0, 0.1) is 0 Å². The van der Waals surface area contributed by atoms with E-state index in [0.29, 0.717) is 39.3 Å². The molecule has 0 aliphatic carbocycles. The average Bonchev–Trinajstić information content (AvgIpc) is 3.24. The average molecular weight is 488 g/mol. The van der Waals surface area contributed by atoms with Gasteiger partial charge in [-0.25, -0.2) is 0 Å². The largest absolute Gasteiger partial charge is 0.391 e. The van der Waals surface area contributed by atoms with E-state index in [-0.39, 0.29) is 11.9 Å². The predicted molar refractivity (Wildman–Crippen MR) is 136 cm³/mol. The van der Waals surface area contributed by atoms with Gasteiger partial charge >= 0.3 is 0 Å². The molecule has 0 saturated carbocycles. The third-order valence-electron chi connectivity index (χ3n) is 7.03. The SMILES string of the molecule is O=C1CC[C@H](O)[C@H]2[C@@H](OCc3ccccc3)[C@H](OCc3ccccc3)[C@@H](COCc3ccccc3)N12. The summed E-state index contributed by atoms with van der Waals surface area (Å²) in [6.45, 7) is 1.50. The van der Waals surface area contributed by atoms with Gasteiger partial charge in [-0.2, -0.15) is 0 Å². The standard InChI is InChI=1S/C30H33NO5/c32-26-16-17-27(33)31-25(21-34-18-22-10-4-1-5-11-22)29(35-19-23-12-6-2-7-13-23)30(28(26)31)36-20-24-14-8-3-9-15-24/h1-15,25-26,28-30,32H,16-21H2/t25-,26+,28+,29-,30-/m1/s1. The lowest BCUT2D eigenvalue weighted by Crippen LogP contribution is -2.54. The summed E-state index contributed by atoms with van der Waals surface area (Å²) in [6, 6.07) is 29.0. The molecule has 188 valence electrons. The zero-order valence-electron chi connectivity index (χ0n) is 20.3. The highest BCUT2D eigenvalue weighted by Gasteiger charge is 2.56. The molecule has 1 amide bonds. The van der Waals surface area contributed by atoms with Crippen molar-refractivity contribution in [3.05, 3.63) is 108 Å². The summed E-state index contributed by atoms with van der Waals surface area (Å²) < 4.78 is 19.0. The number of carbonyl (C=O) groups excluding carboxylic acids is 1. The first kappa shape index (κ1) is 24.7. The molecule has 0 spiro atoms. The molecule has 5 rings (SSSR count). The topological polar surface area (TPSA) is 68.2 Å². The van der Waals surface area contributed by atoms with Gasteiger partial charge in [0.15, 0.2) is 0 Å². The van der Waals surface area contributed by atoms with E-state index < -0.39 is 24.4 Å². The first-order valence-electron chi connectivity index (χ1n) is 12.6. The van der Waals surface area contributed by atoms with Gasteiger partial charge < -0.3 is 24.2 Å². The normalized spacial score (nSPS) is 25.6. The molecular formula is C30H33NO5. The zero-order chi connectivity index (χ0) is 24.7. The van der Waals surface area contributed by atoms with Gasteiger partial charge in [0.05, 0.1) is 44.6 Å². The van der Waals surface area contributed by atoms with Crippen LogP contribution in [0.4, 0.5) is 0 Å². The van der Waals surface area contributed by atoms with Crippen LogP contribution in [0.2, 0.25) is 0 Å². The molecule has 2 aliphatic rings. The van der Waals surface area contributed by atoms with Crippen molar-refractivity contribution in [3.63, 3.8) is 0 Å². The Kier molecular flexibility index (Phi) is 8.08. The molecule has 0 radical (unpaired) electrons. The Labute approximate surface area is 212 Å². The molecule has 2 fully saturated rings. The Morgan fingerprint density at radius 3 is 1.78 bits per heavy atom. The van der Waals surface area contributed by atoms with E-state index >= 15 is 0 Å². The summed E-state index contributed by atoms with van der Waals surface area (Å²) in [5.41, 5.74) is 3.14. The molecule has 0 bridgehead atoms. The van der Waals surface area contributed by atoms with E-state index in [2.05, 4.69) is 0 Å². The van der Waals surface area contributed by atoms with Crippen molar-refractivity contribution >= 4 is 5.91 Å². The van der Waals surface area contributed by atoms with Crippen molar-refractivity contribution in [2.45, 2.75) is 63.1 Å². The maximum Gasteiger partial charge on any atom is 0.223 e. The van der Waals surface area contributed by atoms with Crippen LogP contribution in [0.3, 0.4) is 0 Å². The molecule has 36 heavy (non-hydrogen) atoms. The highest BCUT2D eigenvalue weighted by molar-refractivity contribution is 5.78. The Morgan fingerprint density at radius 2 is 1.22 bits per heavy atom. The van der Waals surface area contributed by atoms with Crippen LogP contribution in [0.5, 0.6) is 0 Å². The lowest BCUT2D eigenvalue weighted by molar-refractivity contribution is -0.147. The van der Waals surface area contributed by atoms with Gasteiger partial charge in [0.2, 0.25) is 5.91 Å². The molecule has 3 aromatic carbocycles. The third kappa shape index (κ3) is 5.68. The van der Waals surface area contributed by atoms with Gasteiger partial charge in [-0.15, -0.1) is 0 Å². The van der Waals surface area contributed by atoms with Crippen LogP contribution >= 0.6 is 0 Å². The van der Waals surface area contributed by atoms with Crippen LogP contribution in [-0.4, -0.2) is 52.9 Å². The summed E-state index contributed by atoms with van der Waals surface area (Å²) in [6.07, 6.45) is -0.854. The Balaban J connectivity index is 1.38. The molecular weight excluding hydrogens is 454 g/mol. The fourth-order valence-corrected chi connectivity index (χ4v) is 5.26. The van der Waals surface area contributed by atoms with E-state index in [9.17, 15) is 9.90 Å². The van der Waals surface area contributed by atoms with Gasteiger partial charge in [-0.1, -0.05) is 91.0 Å². The predicted octanol–water partition coefficient (Wildman–Crippen LogP) is 4.11. The number of benzene rings is 3. The van der Waals surface area contributed by atoms with E-state index in [1.54, 1.807) is 4.90 Å². The van der Waals surface area contributed by atoms with Gasteiger partial charge in [-0.3, -0.25) is 4.79 Å². The first-order valence-corrected chi connectivity index (χ1v) is 12.6. The Hall–Kier alpha value is -3.03. The fraction of sp³-hybridized carbons (Fsp3) is 0.367. The summed E-state index contributed by atoms with van der Waals surface area (Å²) in [4.78, 5) is 14.9. The number of hydrogen-bond donors (Lipinski definition) is 1. The number of aliphatic hydroxyl groups is 1. The molecule has 6 heteroatoms. The minimum atomic E-state index is -0.676. The second-order valence-electron chi connectivity index (χ2n) is 9.49. The Morgan fingerprint density at radius 1 is 0.722 bits per heavy atom. The summed E-state index contributed by atoms with van der Waals surface area (Å²) >= 11 is 0. The van der Waals surface area contributed by atoms with Crippen LogP contribution in [-0.2, 0) is 38.8 Å². The maximum atomic E-state index is 13.2. The molecule has 2 heterocycles. The van der Waals surface area contributed by atoms with Gasteiger partial charge in [0.1, 0.15) is 12.2 Å². The van der Waals surface area contributed by atoms with Crippen molar-refractivity contribution in [3.8, 4) is 0 Å². The number of aliphatic hydroxyl groups excluding tert-OH is 1. The number of fused-ring (bicyclic) bond motifs is 1. The molecule has 5 atom stereocenters. The zero-order valence-corrected chi connectivity index (χ0v) is 20.3. The number of hydrogen-bond acceptors (Lipinski definition) is 5. The minimum absolute atomic E-state index is 0.0118. The number of ether oxygens (including phenoxy) is 3. The number of carbonyl (C=O) groups is 1. The van der Waals surface area contributed by atoms with Crippen LogP contribution in [0.1, 0.15) is 29.5 Å². The quantitative estimate of drug-likeness (QED) is 0.466. The number of nitrogens with zero attached hydrogens (tertiary/aromatic N) is 1. The Bertz CT molecular complexity index is 1090. The number of rotatable bonds is 10.